The minimum absolute atomic E-state index is 0. The van der Waals surface area contributed by atoms with Crippen molar-refractivity contribution in [3.8, 4) is 0 Å². The maximum absolute atomic E-state index is 5.51. The van der Waals surface area contributed by atoms with Gasteiger partial charge in [0.1, 0.15) is 0 Å². The van der Waals surface area contributed by atoms with Crippen LogP contribution < -0.4 is 10.6 Å². The molecule has 1 aliphatic rings. The molecule has 0 amide bonds. The van der Waals surface area contributed by atoms with Gasteiger partial charge in [0, 0.05) is 26.8 Å². The van der Waals surface area contributed by atoms with Crippen molar-refractivity contribution in [3.63, 3.8) is 0 Å². The molecule has 5 heteroatoms. The monoisotopic (exact) mass is 459 g/mol. The van der Waals surface area contributed by atoms with Gasteiger partial charge in [-0.3, -0.25) is 4.99 Å². The molecule has 25 heavy (non-hydrogen) atoms. The van der Waals surface area contributed by atoms with E-state index in [9.17, 15) is 0 Å². The Morgan fingerprint density at radius 2 is 1.92 bits per heavy atom. The molecule has 0 bridgehead atoms. The highest BCUT2D eigenvalue weighted by Crippen LogP contribution is 2.48. The van der Waals surface area contributed by atoms with Gasteiger partial charge >= 0.3 is 0 Å². The Morgan fingerprint density at radius 3 is 2.44 bits per heavy atom. The molecule has 1 unspecified atom stereocenters. The third-order valence-corrected chi connectivity index (χ3v) is 5.03. The molecule has 2 N–H and O–H groups in total. The summed E-state index contributed by atoms with van der Waals surface area (Å²) in [5.74, 6) is 0.879. The van der Waals surface area contributed by atoms with Crippen molar-refractivity contribution < 1.29 is 4.74 Å². The Bertz CT molecular complexity index is 526. The Morgan fingerprint density at radius 1 is 1.24 bits per heavy atom. The summed E-state index contributed by atoms with van der Waals surface area (Å²) in [5.41, 5.74) is 3.07. The lowest BCUT2D eigenvalue weighted by atomic mass is 10.0. The molecule has 0 spiro atoms. The predicted octanol–water partition coefficient (Wildman–Crippen LogP) is 4.30. The number of rotatable bonds is 9. The Balaban J connectivity index is 0.00000312. The maximum Gasteiger partial charge on any atom is 0.191 e. The fourth-order valence-electron chi connectivity index (χ4n) is 2.92. The van der Waals surface area contributed by atoms with E-state index < -0.39 is 0 Å². The number of nitrogens with one attached hydrogen (secondary N) is 2. The standard InChI is InChI=1S/C20H33N3O.HI/c1-5-17-7-9-18(10-8-17)16(3)23-19(21-4)22-15-20(11-12-20)13-14-24-6-2;/h7-10,16H,5-6,11-15H2,1-4H3,(H2,21,22,23);1H. The van der Waals surface area contributed by atoms with E-state index in [-0.39, 0.29) is 30.0 Å². The first kappa shape index (κ1) is 22.2. The van der Waals surface area contributed by atoms with E-state index in [1.807, 2.05) is 7.05 Å². The Hall–Kier alpha value is -0.820. The fraction of sp³-hybridized carbons (Fsp3) is 0.650. The van der Waals surface area contributed by atoms with E-state index >= 15 is 0 Å². The average molecular weight is 459 g/mol. The Kier molecular flexibility index (Phi) is 9.79. The molecule has 0 aromatic heterocycles. The number of nitrogens with zero attached hydrogens (tertiary/aromatic N) is 1. The molecule has 0 heterocycles. The second-order valence-corrected chi connectivity index (χ2v) is 6.83. The van der Waals surface area contributed by atoms with Crippen LogP contribution in [0.5, 0.6) is 0 Å². The van der Waals surface area contributed by atoms with E-state index in [4.69, 9.17) is 4.74 Å². The van der Waals surface area contributed by atoms with Crippen LogP contribution in [-0.4, -0.2) is 32.8 Å². The van der Waals surface area contributed by atoms with Crippen LogP contribution in [0.25, 0.3) is 0 Å². The van der Waals surface area contributed by atoms with Crippen molar-refractivity contribution in [1.82, 2.24) is 10.6 Å². The Labute approximate surface area is 170 Å². The van der Waals surface area contributed by atoms with Crippen LogP contribution >= 0.6 is 24.0 Å². The first-order chi connectivity index (χ1) is 11.6. The molecule has 1 aromatic rings. The van der Waals surface area contributed by atoms with E-state index in [0.29, 0.717) is 5.41 Å². The zero-order valence-electron chi connectivity index (χ0n) is 16.1. The zero-order chi connectivity index (χ0) is 17.4. The van der Waals surface area contributed by atoms with E-state index in [1.54, 1.807) is 0 Å². The van der Waals surface area contributed by atoms with Crippen molar-refractivity contribution in [2.24, 2.45) is 10.4 Å². The fourth-order valence-corrected chi connectivity index (χ4v) is 2.92. The van der Waals surface area contributed by atoms with Gasteiger partial charge in [0.2, 0.25) is 0 Å². The predicted molar refractivity (Wildman–Crippen MR) is 117 cm³/mol. The third kappa shape index (κ3) is 7.13. The lowest BCUT2D eigenvalue weighted by molar-refractivity contribution is 0.128. The van der Waals surface area contributed by atoms with Gasteiger partial charge in [-0.1, -0.05) is 31.2 Å². The summed E-state index contributed by atoms with van der Waals surface area (Å²) in [6, 6.07) is 9.05. The zero-order valence-corrected chi connectivity index (χ0v) is 18.4. The molecule has 1 aliphatic carbocycles. The summed E-state index contributed by atoms with van der Waals surface area (Å²) in [7, 11) is 1.84. The first-order valence-corrected chi connectivity index (χ1v) is 9.26. The van der Waals surface area contributed by atoms with Gasteiger partial charge in [0.15, 0.2) is 5.96 Å². The van der Waals surface area contributed by atoms with Gasteiger partial charge in [-0.05, 0) is 56.1 Å². The number of halogens is 1. The van der Waals surface area contributed by atoms with Crippen LogP contribution in [0.4, 0.5) is 0 Å². The van der Waals surface area contributed by atoms with Crippen LogP contribution in [-0.2, 0) is 11.2 Å². The molecule has 0 radical (unpaired) electrons. The van der Waals surface area contributed by atoms with Crippen molar-refractivity contribution in [2.75, 3.05) is 26.8 Å². The molecule has 1 saturated carbocycles. The van der Waals surface area contributed by atoms with Crippen LogP contribution in [0.15, 0.2) is 29.3 Å². The van der Waals surface area contributed by atoms with Crippen LogP contribution in [0.3, 0.4) is 0 Å². The summed E-state index contributed by atoms with van der Waals surface area (Å²) < 4.78 is 5.51. The average Bonchev–Trinajstić information content (AvgIpc) is 3.39. The van der Waals surface area contributed by atoms with Gasteiger partial charge in [-0.25, -0.2) is 0 Å². The molecule has 1 fully saturated rings. The molecule has 1 aromatic carbocycles. The summed E-state index contributed by atoms with van der Waals surface area (Å²) in [6.45, 7) is 9.06. The van der Waals surface area contributed by atoms with Crippen LogP contribution in [0.2, 0.25) is 0 Å². The normalized spacial score (nSPS) is 16.7. The minimum atomic E-state index is 0. The van der Waals surface area contributed by atoms with Gasteiger partial charge < -0.3 is 15.4 Å². The van der Waals surface area contributed by atoms with Crippen molar-refractivity contribution in [2.45, 2.75) is 52.5 Å². The summed E-state index contributed by atoms with van der Waals surface area (Å²) in [5, 5.41) is 7.00. The third-order valence-electron chi connectivity index (χ3n) is 5.03. The molecule has 4 nitrogen and oxygen atoms in total. The lowest BCUT2D eigenvalue weighted by Gasteiger charge is -2.21. The van der Waals surface area contributed by atoms with E-state index in [2.05, 4.69) is 60.7 Å². The summed E-state index contributed by atoms with van der Waals surface area (Å²) in [4.78, 5) is 4.38. The molecule has 142 valence electrons. The quantitative estimate of drug-likeness (QED) is 0.251. The number of hydrogen-bond acceptors (Lipinski definition) is 2. The molecule has 0 saturated heterocycles. The molecule has 1 atom stereocenters. The maximum atomic E-state index is 5.51. The van der Waals surface area contributed by atoms with Crippen molar-refractivity contribution in [3.05, 3.63) is 35.4 Å². The minimum Gasteiger partial charge on any atom is -0.382 e. The van der Waals surface area contributed by atoms with Crippen molar-refractivity contribution >= 4 is 29.9 Å². The molecular weight excluding hydrogens is 425 g/mol. The van der Waals surface area contributed by atoms with Gasteiger partial charge in [0.05, 0.1) is 6.04 Å². The number of hydrogen-bond donors (Lipinski definition) is 2. The summed E-state index contributed by atoms with van der Waals surface area (Å²) >= 11 is 0. The highest BCUT2D eigenvalue weighted by atomic mass is 127. The highest BCUT2D eigenvalue weighted by molar-refractivity contribution is 14.0. The van der Waals surface area contributed by atoms with Gasteiger partial charge in [-0.15, -0.1) is 24.0 Å². The van der Waals surface area contributed by atoms with Crippen LogP contribution in [0, 0.1) is 5.41 Å². The largest absolute Gasteiger partial charge is 0.382 e. The van der Waals surface area contributed by atoms with Crippen molar-refractivity contribution in [1.29, 1.82) is 0 Å². The summed E-state index contributed by atoms with van der Waals surface area (Å²) in [6.07, 6.45) is 4.80. The smallest absolute Gasteiger partial charge is 0.191 e. The van der Waals surface area contributed by atoms with E-state index in [0.717, 1.165) is 38.6 Å². The molecular formula is C20H34IN3O. The number of ether oxygens (including phenoxy) is 1. The number of benzene rings is 1. The molecule has 2 rings (SSSR count). The topological polar surface area (TPSA) is 45.6 Å². The second kappa shape index (κ2) is 11.0. The van der Waals surface area contributed by atoms with Gasteiger partial charge in [0.25, 0.3) is 0 Å². The van der Waals surface area contributed by atoms with Crippen LogP contribution in [0.1, 0.15) is 57.2 Å². The highest BCUT2D eigenvalue weighted by Gasteiger charge is 2.41. The van der Waals surface area contributed by atoms with E-state index in [1.165, 1.54) is 24.0 Å². The number of aryl methyl sites for hydroxylation is 1. The molecule has 0 aliphatic heterocycles. The SMILES string of the molecule is CCOCCC1(CNC(=NC)NC(C)c2ccc(CC)cc2)CC1.I. The first-order valence-electron chi connectivity index (χ1n) is 9.26. The number of aliphatic imine (C=N–C) groups is 1. The second-order valence-electron chi connectivity index (χ2n) is 6.83. The lowest BCUT2D eigenvalue weighted by Crippen LogP contribution is -2.41. The van der Waals surface area contributed by atoms with Gasteiger partial charge in [-0.2, -0.15) is 0 Å². The number of guanidine groups is 1.